The van der Waals surface area contributed by atoms with Crippen LogP contribution in [0.5, 0.6) is 6.01 Å². The smallest absolute Gasteiger partial charge is 0.319 e. The lowest BCUT2D eigenvalue weighted by Gasteiger charge is -2.34. The highest BCUT2D eigenvalue weighted by molar-refractivity contribution is 5.95. The number of nitrogens with one attached hydrogen (secondary N) is 2. The molecule has 2 bridgehead atoms. The Hall–Kier alpha value is -3.81. The normalized spacial score (nSPS) is 27.7. The Morgan fingerprint density at radius 1 is 1.13 bits per heavy atom. The number of alkyl halides is 1. The van der Waals surface area contributed by atoms with Crippen LogP contribution in [0.25, 0.3) is 16.5 Å². The average molecular weight is 653 g/mol. The molecule has 5 saturated heterocycles. The first-order valence-corrected chi connectivity index (χ1v) is 16.8. The third-order valence-electron chi connectivity index (χ3n) is 10.1. The molecule has 0 radical (unpaired) electrons. The molecular formula is C34H43F3N8O2. The number of amides is 1. The van der Waals surface area contributed by atoms with Gasteiger partial charge >= 0.3 is 6.01 Å². The molecule has 3 unspecified atom stereocenters. The number of pyridine rings is 1. The minimum atomic E-state index is -0.704. The van der Waals surface area contributed by atoms with Crippen LogP contribution in [-0.2, 0) is 11.3 Å². The largest absolute Gasteiger partial charge is 0.464 e. The van der Waals surface area contributed by atoms with E-state index in [1.165, 1.54) is 30.0 Å². The molecule has 8 heterocycles. The van der Waals surface area contributed by atoms with Crippen molar-refractivity contribution in [1.29, 1.82) is 0 Å². The van der Waals surface area contributed by atoms with Crippen molar-refractivity contribution in [2.45, 2.75) is 75.9 Å². The number of nitrogens with zero attached hydrogens (tertiary/aromatic N) is 6. The highest BCUT2D eigenvalue weighted by Gasteiger charge is 2.37. The van der Waals surface area contributed by atoms with Crippen LogP contribution in [0.4, 0.5) is 19.0 Å². The van der Waals surface area contributed by atoms with E-state index in [4.69, 9.17) is 4.74 Å². The van der Waals surface area contributed by atoms with Crippen LogP contribution in [0.1, 0.15) is 58.7 Å². The number of ether oxygens (including phenoxy) is 1. The molecule has 0 saturated carbocycles. The van der Waals surface area contributed by atoms with Crippen molar-refractivity contribution in [3.8, 4) is 6.01 Å². The maximum absolute atomic E-state index is 16.4. The van der Waals surface area contributed by atoms with E-state index in [0.29, 0.717) is 54.6 Å². The van der Waals surface area contributed by atoms with E-state index in [0.717, 1.165) is 38.9 Å². The molecule has 252 valence electrons. The number of piperazine rings is 1. The molecule has 2 aromatic heterocycles. The molecule has 0 aliphatic carbocycles. The summed E-state index contributed by atoms with van der Waals surface area (Å²) in [5, 5.41) is 7.06. The Morgan fingerprint density at radius 3 is 2.68 bits per heavy atom. The number of benzene rings is 1. The van der Waals surface area contributed by atoms with E-state index in [-0.39, 0.29) is 49.7 Å². The van der Waals surface area contributed by atoms with Gasteiger partial charge in [-0.2, -0.15) is 9.97 Å². The van der Waals surface area contributed by atoms with Crippen LogP contribution in [0.15, 0.2) is 30.6 Å². The summed E-state index contributed by atoms with van der Waals surface area (Å²) in [5.41, 5.74) is 1.02. The molecule has 0 spiro atoms. The fourth-order valence-electron chi connectivity index (χ4n) is 7.85. The lowest BCUT2D eigenvalue weighted by molar-refractivity contribution is -0.128. The van der Waals surface area contributed by atoms with E-state index in [1.807, 2.05) is 6.92 Å². The maximum Gasteiger partial charge on any atom is 0.319 e. The van der Waals surface area contributed by atoms with E-state index in [9.17, 15) is 9.18 Å². The molecule has 13 heteroatoms. The minimum Gasteiger partial charge on any atom is -0.464 e. The predicted octanol–water partition coefficient (Wildman–Crippen LogP) is 4.03. The fourth-order valence-corrected chi connectivity index (χ4v) is 7.85. The van der Waals surface area contributed by atoms with Crippen molar-refractivity contribution in [2.24, 2.45) is 0 Å². The van der Waals surface area contributed by atoms with Gasteiger partial charge in [0.2, 0.25) is 5.91 Å². The van der Waals surface area contributed by atoms with Crippen molar-refractivity contribution >= 4 is 28.2 Å². The Morgan fingerprint density at radius 2 is 1.94 bits per heavy atom. The van der Waals surface area contributed by atoms with Gasteiger partial charge in [-0.3, -0.25) is 14.7 Å². The zero-order valence-electron chi connectivity index (χ0n) is 26.4. The van der Waals surface area contributed by atoms with Gasteiger partial charge in [-0.1, -0.05) is 12.1 Å². The Kier molecular flexibility index (Phi) is 8.01. The summed E-state index contributed by atoms with van der Waals surface area (Å²) in [6.07, 6.45) is 8.04. The van der Waals surface area contributed by atoms with Crippen molar-refractivity contribution in [1.82, 2.24) is 35.4 Å². The van der Waals surface area contributed by atoms with Crippen molar-refractivity contribution in [3.63, 3.8) is 0 Å². The monoisotopic (exact) mass is 652 g/mol. The van der Waals surface area contributed by atoms with Crippen LogP contribution in [0.3, 0.4) is 0 Å². The van der Waals surface area contributed by atoms with Gasteiger partial charge < -0.3 is 25.2 Å². The van der Waals surface area contributed by atoms with Crippen LogP contribution in [0, 0.1) is 11.6 Å². The summed E-state index contributed by atoms with van der Waals surface area (Å²) in [6, 6.07) is 5.78. The Labute approximate surface area is 274 Å². The first kappa shape index (κ1) is 30.5. The number of carbonyl (C=O) groups is 1. The molecule has 9 rings (SSSR count). The number of aromatic nitrogens is 3. The molecule has 3 aromatic rings. The number of rotatable bonds is 5. The van der Waals surface area contributed by atoms with Crippen molar-refractivity contribution in [3.05, 3.63) is 59.1 Å². The van der Waals surface area contributed by atoms with Gasteiger partial charge in [0.15, 0.2) is 5.82 Å². The van der Waals surface area contributed by atoms with E-state index in [1.54, 1.807) is 18.3 Å². The summed E-state index contributed by atoms with van der Waals surface area (Å²) in [4.78, 5) is 32.3. The second-order valence-corrected chi connectivity index (χ2v) is 13.4. The average Bonchev–Trinajstić information content (AvgIpc) is 3.61. The molecular weight excluding hydrogens is 609 g/mol. The quantitative estimate of drug-likeness (QED) is 0.395. The second-order valence-electron chi connectivity index (χ2n) is 13.4. The van der Waals surface area contributed by atoms with Gasteiger partial charge in [-0.15, -0.1) is 0 Å². The van der Waals surface area contributed by atoms with Crippen molar-refractivity contribution in [2.75, 3.05) is 44.2 Å². The van der Waals surface area contributed by atoms with Gasteiger partial charge in [0.25, 0.3) is 0 Å². The number of hydrogen-bond acceptors (Lipinski definition) is 9. The van der Waals surface area contributed by atoms with Gasteiger partial charge in [-0.25, -0.2) is 13.2 Å². The highest BCUT2D eigenvalue weighted by Crippen LogP contribution is 2.38. The number of halogens is 3. The van der Waals surface area contributed by atoms with Crippen LogP contribution in [-0.4, -0.2) is 100 Å². The minimum absolute atomic E-state index is 0. The third-order valence-corrected chi connectivity index (χ3v) is 10.1. The standard InChI is InChI=1S/C27H27F2N7O2.C7H12FN.2H2/c1-2-38-27-33-24-17(25(34-27)35-11-15-6-7-16(12-35)32-15)8-31-23(22(24)29)18-13-36(26(37)20-9-30-20)10-14-4-3-5-19(28)21(14)18;8-6-4-7-2-1-3-9(7)5-6;;/h3-5,8,13,15-16,20,30,32H,2,6-7,9-12H2,1H3;6-7H,1-5H2;2*1H/t15?,16?,20-;6-,7?;;/m01../s1. The molecule has 6 aliphatic heterocycles. The van der Waals surface area contributed by atoms with Gasteiger partial charge in [0.05, 0.1) is 24.6 Å². The zero-order chi connectivity index (χ0) is 32.2. The highest BCUT2D eigenvalue weighted by atomic mass is 19.1. The molecule has 6 aliphatic rings. The molecule has 2 N–H and O–H groups in total. The summed E-state index contributed by atoms with van der Waals surface area (Å²) >= 11 is 0. The van der Waals surface area contributed by atoms with Gasteiger partial charge in [0.1, 0.15) is 29.0 Å². The van der Waals surface area contributed by atoms with Gasteiger partial charge in [0, 0.05) is 70.7 Å². The second kappa shape index (κ2) is 12.3. The predicted molar refractivity (Wildman–Crippen MR) is 175 cm³/mol. The lowest BCUT2D eigenvalue weighted by atomic mass is 9.93. The van der Waals surface area contributed by atoms with E-state index < -0.39 is 17.8 Å². The first-order valence-electron chi connectivity index (χ1n) is 16.8. The topological polar surface area (TPSA) is 109 Å². The van der Waals surface area contributed by atoms with Crippen LogP contribution >= 0.6 is 0 Å². The molecule has 1 amide bonds. The molecule has 5 fully saturated rings. The number of anilines is 1. The summed E-state index contributed by atoms with van der Waals surface area (Å²) < 4.78 is 49.8. The van der Waals surface area contributed by atoms with Crippen LogP contribution < -0.4 is 20.3 Å². The molecule has 5 atom stereocenters. The number of fused-ring (bicyclic) bond motifs is 5. The van der Waals surface area contributed by atoms with Gasteiger partial charge in [-0.05, 0) is 57.2 Å². The van der Waals surface area contributed by atoms with E-state index >= 15 is 8.78 Å². The first-order chi connectivity index (χ1) is 22.9. The Balaban J connectivity index is 0.000000328. The van der Waals surface area contributed by atoms with Crippen LogP contribution in [0.2, 0.25) is 0 Å². The summed E-state index contributed by atoms with van der Waals surface area (Å²) in [6.45, 7) is 6.28. The number of carbonyl (C=O) groups excluding carboxylic acids is 1. The Bertz CT molecular complexity index is 1720. The summed E-state index contributed by atoms with van der Waals surface area (Å²) in [7, 11) is 0. The van der Waals surface area contributed by atoms with E-state index in [2.05, 4.69) is 35.4 Å². The maximum atomic E-state index is 16.4. The molecule has 47 heavy (non-hydrogen) atoms. The third kappa shape index (κ3) is 5.82. The molecule has 10 nitrogen and oxygen atoms in total. The molecule has 1 aromatic carbocycles. The van der Waals surface area contributed by atoms with Crippen molar-refractivity contribution < 1.29 is 25.6 Å². The number of hydrogen-bond donors (Lipinski definition) is 2. The zero-order valence-corrected chi connectivity index (χ0v) is 26.4. The SMILES string of the molecule is CCOc1nc(N2CC3CCC(C2)N3)c2cnc(C3=CN(C(=O)[C@@H]4CN4)Cc4cccc(F)c43)c(F)c2n1.F[C@@H]1CC2CCCN2C1.[HH].[HH]. The lowest BCUT2D eigenvalue weighted by Crippen LogP contribution is -2.51. The fraction of sp³-hybridized carbons (Fsp3) is 0.529. The summed E-state index contributed by atoms with van der Waals surface area (Å²) in [5.74, 6) is -0.767.